The van der Waals surface area contributed by atoms with Crippen LogP contribution in [0.2, 0.25) is 0 Å². The molecule has 1 aromatic carbocycles. The first-order chi connectivity index (χ1) is 11.0. The molecule has 1 fully saturated rings. The van der Waals surface area contributed by atoms with Crippen molar-refractivity contribution in [3.8, 4) is 0 Å². The van der Waals surface area contributed by atoms with Crippen molar-refractivity contribution in [3.63, 3.8) is 0 Å². The van der Waals surface area contributed by atoms with E-state index >= 15 is 0 Å². The van der Waals surface area contributed by atoms with Gasteiger partial charge in [-0.1, -0.05) is 0 Å². The van der Waals surface area contributed by atoms with Gasteiger partial charge in [0.05, 0.1) is 30.1 Å². The van der Waals surface area contributed by atoms with Crippen molar-refractivity contribution in [3.05, 3.63) is 29.6 Å². The molecule has 0 radical (unpaired) electrons. The molecule has 3 amide bonds. The van der Waals surface area contributed by atoms with Gasteiger partial charge in [0, 0.05) is 7.05 Å². The van der Waals surface area contributed by atoms with Gasteiger partial charge >= 0.3 is 6.09 Å². The molecule has 1 aliphatic rings. The molecule has 0 saturated carbocycles. The third-order valence-corrected chi connectivity index (χ3v) is 3.57. The zero-order valence-electron chi connectivity index (χ0n) is 12.3. The van der Waals surface area contributed by atoms with Crippen molar-refractivity contribution in [2.24, 2.45) is 0 Å². The van der Waals surface area contributed by atoms with E-state index in [1.54, 1.807) is 0 Å². The second kappa shape index (κ2) is 7.32. The highest BCUT2D eigenvalue weighted by atomic mass is 32.1. The summed E-state index contributed by atoms with van der Waals surface area (Å²) in [6.07, 6.45) is -1.17. The van der Waals surface area contributed by atoms with Crippen molar-refractivity contribution >= 4 is 36.2 Å². The molecule has 0 unspecified atom stereocenters. The van der Waals surface area contributed by atoms with Crippen LogP contribution in [-0.4, -0.2) is 49.9 Å². The van der Waals surface area contributed by atoms with Gasteiger partial charge in [-0.3, -0.25) is 14.5 Å². The number of hydrogen-bond donors (Lipinski definition) is 3. The van der Waals surface area contributed by atoms with Crippen molar-refractivity contribution in [2.75, 3.05) is 30.8 Å². The molecule has 7 nitrogen and oxygen atoms in total. The molecule has 0 aromatic heterocycles. The van der Waals surface area contributed by atoms with Crippen LogP contribution < -0.4 is 15.5 Å². The number of benzene rings is 1. The molecule has 1 heterocycles. The maximum absolute atomic E-state index is 14.0. The predicted molar refractivity (Wildman–Crippen MR) is 84.3 cm³/mol. The Morgan fingerprint density at radius 2 is 2.22 bits per heavy atom. The van der Waals surface area contributed by atoms with E-state index in [-0.39, 0.29) is 36.0 Å². The number of ether oxygens (including phenoxy) is 1. The average Bonchev–Trinajstić information content (AvgIpc) is 2.92. The van der Waals surface area contributed by atoms with Crippen LogP contribution >= 0.6 is 12.6 Å². The Labute approximate surface area is 137 Å². The van der Waals surface area contributed by atoms with E-state index in [0.29, 0.717) is 0 Å². The van der Waals surface area contributed by atoms with Crippen LogP contribution in [0.3, 0.4) is 0 Å². The van der Waals surface area contributed by atoms with E-state index in [0.717, 1.165) is 6.07 Å². The SMILES string of the molecule is CNC(=O)c1ccc(N2C[C@H](CNC(=O)CS)OC2=O)cc1F. The molecule has 1 atom stereocenters. The number of nitrogens with zero attached hydrogens (tertiary/aromatic N) is 1. The second-order valence-corrected chi connectivity index (χ2v) is 5.14. The number of nitrogens with one attached hydrogen (secondary N) is 2. The highest BCUT2D eigenvalue weighted by Gasteiger charge is 2.33. The highest BCUT2D eigenvalue weighted by molar-refractivity contribution is 7.81. The van der Waals surface area contributed by atoms with Gasteiger partial charge in [-0.25, -0.2) is 9.18 Å². The van der Waals surface area contributed by atoms with Gasteiger partial charge < -0.3 is 15.4 Å². The minimum atomic E-state index is -0.735. The maximum Gasteiger partial charge on any atom is 0.414 e. The molecule has 0 bridgehead atoms. The number of carbonyl (C=O) groups excluding carboxylic acids is 3. The summed E-state index contributed by atoms with van der Waals surface area (Å²) in [5.74, 6) is -1.52. The monoisotopic (exact) mass is 341 g/mol. The summed E-state index contributed by atoms with van der Waals surface area (Å²) < 4.78 is 19.1. The molecule has 1 aromatic rings. The Hall–Kier alpha value is -2.29. The Kier molecular flexibility index (Phi) is 5.43. The smallest absolute Gasteiger partial charge is 0.414 e. The zero-order chi connectivity index (χ0) is 17.0. The van der Waals surface area contributed by atoms with Crippen molar-refractivity contribution < 1.29 is 23.5 Å². The number of hydrogen-bond acceptors (Lipinski definition) is 5. The van der Waals surface area contributed by atoms with Crippen molar-refractivity contribution in [1.82, 2.24) is 10.6 Å². The van der Waals surface area contributed by atoms with E-state index in [1.165, 1.54) is 24.1 Å². The maximum atomic E-state index is 14.0. The topological polar surface area (TPSA) is 87.7 Å². The molecule has 0 aliphatic carbocycles. The van der Waals surface area contributed by atoms with Crippen LogP contribution in [0.15, 0.2) is 18.2 Å². The number of amides is 3. The summed E-state index contributed by atoms with van der Waals surface area (Å²) in [7, 11) is 1.40. The molecule has 0 spiro atoms. The third-order valence-electron chi connectivity index (χ3n) is 3.28. The van der Waals surface area contributed by atoms with E-state index in [4.69, 9.17) is 4.74 Å². The number of anilines is 1. The van der Waals surface area contributed by atoms with Crippen LogP contribution in [0.1, 0.15) is 10.4 Å². The highest BCUT2D eigenvalue weighted by Crippen LogP contribution is 2.23. The normalized spacial score (nSPS) is 16.9. The number of carbonyl (C=O) groups is 3. The van der Waals surface area contributed by atoms with Gasteiger partial charge in [0.25, 0.3) is 5.91 Å². The molecule has 2 N–H and O–H groups in total. The van der Waals surface area contributed by atoms with E-state index in [2.05, 4.69) is 23.3 Å². The molecule has 2 rings (SSSR count). The summed E-state index contributed by atoms with van der Waals surface area (Å²) in [6, 6.07) is 3.86. The van der Waals surface area contributed by atoms with Crippen LogP contribution in [0, 0.1) is 5.82 Å². The Morgan fingerprint density at radius 1 is 1.48 bits per heavy atom. The molecule has 23 heavy (non-hydrogen) atoms. The summed E-state index contributed by atoms with van der Waals surface area (Å²) in [5.41, 5.74) is 0.171. The lowest BCUT2D eigenvalue weighted by molar-refractivity contribution is -0.118. The summed E-state index contributed by atoms with van der Waals surface area (Å²) >= 11 is 3.83. The van der Waals surface area contributed by atoms with Crippen LogP contribution in [0.5, 0.6) is 0 Å². The number of cyclic esters (lactones) is 1. The average molecular weight is 341 g/mol. The summed E-state index contributed by atoms with van der Waals surface area (Å²) in [4.78, 5) is 35.7. The lowest BCUT2D eigenvalue weighted by Gasteiger charge is -2.14. The number of halogens is 1. The van der Waals surface area contributed by atoms with Crippen LogP contribution in [0.25, 0.3) is 0 Å². The van der Waals surface area contributed by atoms with Crippen molar-refractivity contribution in [2.45, 2.75) is 6.10 Å². The van der Waals surface area contributed by atoms with Crippen LogP contribution in [0.4, 0.5) is 14.9 Å². The van der Waals surface area contributed by atoms with E-state index in [9.17, 15) is 18.8 Å². The van der Waals surface area contributed by atoms with Crippen molar-refractivity contribution in [1.29, 1.82) is 0 Å². The first kappa shape index (κ1) is 17.1. The molecule has 1 saturated heterocycles. The molecule has 9 heteroatoms. The van der Waals surface area contributed by atoms with Gasteiger partial charge in [0.1, 0.15) is 11.9 Å². The fraction of sp³-hybridized carbons (Fsp3) is 0.357. The fourth-order valence-corrected chi connectivity index (χ4v) is 2.22. The predicted octanol–water partition coefficient (Wildman–Crippen LogP) is 0.556. The largest absolute Gasteiger partial charge is 0.442 e. The summed E-state index contributed by atoms with van der Waals surface area (Å²) in [5, 5.41) is 4.89. The first-order valence-corrected chi connectivity index (χ1v) is 7.46. The lowest BCUT2D eigenvalue weighted by atomic mass is 10.1. The standard InChI is InChI=1S/C14H16FN3O4S/c1-16-13(20)10-3-2-8(4-11(10)15)18-6-9(22-14(18)21)5-17-12(19)7-23/h2-4,9,23H,5-7H2,1H3,(H,16,20)(H,17,19)/t9-/m0/s1. The minimum Gasteiger partial charge on any atom is -0.442 e. The zero-order valence-corrected chi connectivity index (χ0v) is 13.2. The van der Waals surface area contributed by atoms with Gasteiger partial charge in [0.15, 0.2) is 0 Å². The van der Waals surface area contributed by atoms with E-state index in [1.807, 2.05) is 0 Å². The molecule has 1 aliphatic heterocycles. The molecule has 124 valence electrons. The van der Waals surface area contributed by atoms with Crippen LogP contribution in [-0.2, 0) is 9.53 Å². The lowest BCUT2D eigenvalue weighted by Crippen LogP contribution is -2.35. The Balaban J connectivity index is 2.07. The Morgan fingerprint density at radius 3 is 2.83 bits per heavy atom. The molecular formula is C14H16FN3O4S. The van der Waals surface area contributed by atoms with Gasteiger partial charge in [-0.2, -0.15) is 12.6 Å². The molecular weight excluding hydrogens is 325 g/mol. The first-order valence-electron chi connectivity index (χ1n) is 6.83. The number of rotatable bonds is 5. The second-order valence-electron chi connectivity index (χ2n) is 4.82. The summed E-state index contributed by atoms with van der Waals surface area (Å²) in [6.45, 7) is 0.324. The van der Waals surface area contributed by atoms with Gasteiger partial charge in [-0.15, -0.1) is 0 Å². The quantitative estimate of drug-likeness (QED) is 0.683. The third kappa shape index (κ3) is 3.92. The van der Waals surface area contributed by atoms with E-state index < -0.39 is 23.9 Å². The number of thiol groups is 1. The van der Waals surface area contributed by atoms with Gasteiger partial charge in [0.2, 0.25) is 5.91 Å². The minimum absolute atomic E-state index is 0.0382. The fourth-order valence-electron chi connectivity index (χ4n) is 2.11. The van der Waals surface area contributed by atoms with Gasteiger partial charge in [-0.05, 0) is 18.2 Å². The Bertz CT molecular complexity index is 640.